The standard InChI is InChI=1S/C51H32N4S2/c1-3-13-31(14-4-1)49-52-50(32-15-5-2-6-16-32)54-51(53-49)40-22-12-21-39-38-20-11-19-35(47(38)57-48(39)40)33-25-27-45-41(29-33)42-30-34(26-28-46(42)56-45)55-43-23-9-7-17-36(43)37-18-8-10-24-44(37)55/h1-30,49H,(H,52,53,54). The molecule has 0 saturated carbocycles. The van der Waals surface area contributed by atoms with Crippen LogP contribution in [-0.4, -0.2) is 16.2 Å². The monoisotopic (exact) mass is 764 g/mol. The van der Waals surface area contributed by atoms with Crippen LogP contribution in [0.4, 0.5) is 0 Å². The van der Waals surface area contributed by atoms with E-state index in [1.807, 2.05) is 46.9 Å². The van der Waals surface area contributed by atoms with E-state index in [9.17, 15) is 0 Å². The third-order valence-electron chi connectivity index (χ3n) is 11.3. The van der Waals surface area contributed by atoms with Crippen LogP contribution in [0.5, 0.6) is 0 Å². The van der Waals surface area contributed by atoms with Crippen LogP contribution in [0.15, 0.2) is 192 Å². The highest BCUT2D eigenvalue weighted by Crippen LogP contribution is 2.44. The van der Waals surface area contributed by atoms with Crippen LogP contribution in [0.25, 0.3) is 79.0 Å². The van der Waals surface area contributed by atoms with Gasteiger partial charge in [0, 0.05) is 67.9 Å². The van der Waals surface area contributed by atoms with Gasteiger partial charge in [-0.1, -0.05) is 133 Å². The molecule has 1 aliphatic rings. The van der Waals surface area contributed by atoms with Gasteiger partial charge in [0.2, 0.25) is 0 Å². The molecule has 0 amide bonds. The van der Waals surface area contributed by atoms with Crippen molar-refractivity contribution in [2.75, 3.05) is 0 Å². The smallest absolute Gasteiger partial charge is 0.159 e. The number of nitrogens with zero attached hydrogens (tertiary/aromatic N) is 3. The minimum atomic E-state index is -0.253. The summed E-state index contributed by atoms with van der Waals surface area (Å²) < 4.78 is 7.49. The first-order valence-electron chi connectivity index (χ1n) is 19.2. The normalized spacial score (nSPS) is 14.5. The lowest BCUT2D eigenvalue weighted by Gasteiger charge is -2.24. The molecule has 0 spiro atoms. The van der Waals surface area contributed by atoms with Crippen molar-refractivity contribution in [3.63, 3.8) is 0 Å². The highest BCUT2D eigenvalue weighted by Gasteiger charge is 2.24. The minimum Gasteiger partial charge on any atom is -0.344 e. The summed E-state index contributed by atoms with van der Waals surface area (Å²) in [7, 11) is 0. The number of nitrogens with one attached hydrogen (secondary N) is 1. The fourth-order valence-electron chi connectivity index (χ4n) is 8.62. The molecule has 0 bridgehead atoms. The second kappa shape index (κ2) is 12.8. The number of thiophene rings is 2. The molecule has 57 heavy (non-hydrogen) atoms. The molecule has 8 aromatic carbocycles. The number of hydrogen-bond acceptors (Lipinski definition) is 5. The minimum absolute atomic E-state index is 0.253. The van der Waals surface area contributed by atoms with Gasteiger partial charge in [-0.3, -0.25) is 0 Å². The quantitative estimate of drug-likeness (QED) is 0.186. The molecule has 4 nitrogen and oxygen atoms in total. The molecule has 11 aromatic rings. The summed E-state index contributed by atoms with van der Waals surface area (Å²) in [5, 5.41) is 11.3. The molecule has 1 N–H and O–H groups in total. The third-order valence-corrected chi connectivity index (χ3v) is 13.7. The highest BCUT2D eigenvalue weighted by atomic mass is 32.1. The van der Waals surface area contributed by atoms with Crippen LogP contribution in [0.2, 0.25) is 0 Å². The number of fused-ring (bicyclic) bond motifs is 9. The molecule has 12 rings (SSSR count). The average molecular weight is 765 g/mol. The van der Waals surface area contributed by atoms with Crippen LogP contribution >= 0.6 is 22.7 Å². The lowest BCUT2D eigenvalue weighted by Crippen LogP contribution is -2.33. The Labute approximate surface area is 336 Å². The van der Waals surface area contributed by atoms with Crippen LogP contribution in [0.1, 0.15) is 22.9 Å². The predicted octanol–water partition coefficient (Wildman–Crippen LogP) is 13.7. The Hall–Kier alpha value is -6.86. The second-order valence-electron chi connectivity index (χ2n) is 14.6. The van der Waals surface area contributed by atoms with E-state index in [2.05, 4.69) is 168 Å². The van der Waals surface area contributed by atoms with E-state index in [-0.39, 0.29) is 6.17 Å². The zero-order valence-electron chi connectivity index (χ0n) is 30.6. The number of rotatable bonds is 5. The van der Waals surface area contributed by atoms with Crippen LogP contribution in [-0.2, 0) is 0 Å². The lowest BCUT2D eigenvalue weighted by atomic mass is 10.00. The van der Waals surface area contributed by atoms with Crippen LogP contribution < -0.4 is 5.32 Å². The summed E-state index contributed by atoms with van der Waals surface area (Å²) >= 11 is 3.71. The number of amidine groups is 2. The van der Waals surface area contributed by atoms with Gasteiger partial charge in [0.05, 0.1) is 11.0 Å². The SMILES string of the molecule is c1ccc(C2=NC(c3ccccc3)NC(c3cccc4c3sc3c(-c5ccc6sc7ccc(-n8c9ccccc9c9ccccc98)cc7c6c5)cccc34)=N2)cc1. The molecular formula is C51H32N4S2. The topological polar surface area (TPSA) is 41.7 Å². The zero-order chi connectivity index (χ0) is 37.5. The summed E-state index contributed by atoms with van der Waals surface area (Å²) in [4.78, 5) is 10.3. The van der Waals surface area contributed by atoms with E-state index in [0.29, 0.717) is 0 Å². The first-order chi connectivity index (χ1) is 28.2. The Morgan fingerprint density at radius 3 is 1.79 bits per heavy atom. The molecule has 3 aromatic heterocycles. The number of para-hydroxylation sites is 2. The maximum absolute atomic E-state index is 5.18. The van der Waals surface area contributed by atoms with Gasteiger partial charge in [-0.15, -0.1) is 22.7 Å². The number of aromatic nitrogens is 1. The first-order valence-corrected chi connectivity index (χ1v) is 20.8. The van der Waals surface area contributed by atoms with Crippen molar-refractivity contribution in [2.45, 2.75) is 6.17 Å². The first kappa shape index (κ1) is 32.4. The van der Waals surface area contributed by atoms with Gasteiger partial charge in [-0.25, -0.2) is 9.98 Å². The second-order valence-corrected chi connectivity index (χ2v) is 16.7. The van der Waals surface area contributed by atoms with E-state index in [1.165, 1.54) is 79.0 Å². The van der Waals surface area contributed by atoms with Crippen LogP contribution in [0.3, 0.4) is 0 Å². The average Bonchev–Trinajstić information content (AvgIpc) is 3.96. The van der Waals surface area contributed by atoms with Crippen molar-refractivity contribution in [3.8, 4) is 16.8 Å². The predicted molar refractivity (Wildman–Crippen MR) is 244 cm³/mol. The lowest BCUT2D eigenvalue weighted by molar-refractivity contribution is 0.674. The Bertz CT molecular complexity index is 3390. The van der Waals surface area contributed by atoms with Gasteiger partial charge in [0.15, 0.2) is 5.84 Å². The van der Waals surface area contributed by atoms with Crippen molar-refractivity contribution < 1.29 is 0 Å². The summed E-state index contributed by atoms with van der Waals surface area (Å²) in [5.74, 6) is 1.57. The molecule has 1 unspecified atom stereocenters. The zero-order valence-corrected chi connectivity index (χ0v) is 32.2. The van der Waals surface area contributed by atoms with Crippen molar-refractivity contribution >= 4 is 96.5 Å². The summed E-state index contributed by atoms with van der Waals surface area (Å²) in [6.45, 7) is 0. The van der Waals surface area contributed by atoms with E-state index in [0.717, 1.165) is 28.4 Å². The Kier molecular flexibility index (Phi) is 7.30. The van der Waals surface area contributed by atoms with Gasteiger partial charge in [-0.2, -0.15) is 0 Å². The van der Waals surface area contributed by atoms with E-state index in [4.69, 9.17) is 9.98 Å². The molecule has 0 radical (unpaired) electrons. The van der Waals surface area contributed by atoms with Gasteiger partial charge in [-0.05, 0) is 65.2 Å². The summed E-state index contributed by atoms with van der Waals surface area (Å²) in [5.41, 5.74) is 9.28. The van der Waals surface area contributed by atoms with Crippen molar-refractivity contribution in [2.24, 2.45) is 9.98 Å². The molecule has 268 valence electrons. The molecule has 0 aliphatic carbocycles. The van der Waals surface area contributed by atoms with Crippen molar-refractivity contribution in [3.05, 3.63) is 199 Å². The number of benzene rings is 8. The third kappa shape index (κ3) is 5.18. The van der Waals surface area contributed by atoms with E-state index >= 15 is 0 Å². The Balaban J connectivity index is 0.999. The van der Waals surface area contributed by atoms with Gasteiger partial charge < -0.3 is 9.88 Å². The molecule has 6 heteroatoms. The number of aliphatic imine (C=N–C) groups is 2. The van der Waals surface area contributed by atoms with Crippen molar-refractivity contribution in [1.82, 2.24) is 9.88 Å². The molecule has 0 fully saturated rings. The molecular weight excluding hydrogens is 733 g/mol. The van der Waals surface area contributed by atoms with Crippen LogP contribution in [0, 0.1) is 0 Å². The van der Waals surface area contributed by atoms with Gasteiger partial charge in [0.25, 0.3) is 0 Å². The fraction of sp³-hybridized carbons (Fsp3) is 0.0196. The summed E-state index contributed by atoms with van der Waals surface area (Å²) in [6, 6.07) is 65.5. The van der Waals surface area contributed by atoms with Gasteiger partial charge in [0.1, 0.15) is 12.0 Å². The maximum Gasteiger partial charge on any atom is 0.159 e. The molecule has 1 atom stereocenters. The fourth-order valence-corrected chi connectivity index (χ4v) is 11.0. The Morgan fingerprint density at radius 1 is 0.456 bits per heavy atom. The van der Waals surface area contributed by atoms with Crippen molar-refractivity contribution in [1.29, 1.82) is 0 Å². The molecule has 1 aliphatic heterocycles. The molecule has 4 heterocycles. The Morgan fingerprint density at radius 2 is 1.05 bits per heavy atom. The van der Waals surface area contributed by atoms with E-state index < -0.39 is 0 Å². The molecule has 0 saturated heterocycles. The maximum atomic E-state index is 5.18. The largest absolute Gasteiger partial charge is 0.344 e. The van der Waals surface area contributed by atoms with E-state index in [1.54, 1.807) is 0 Å². The summed E-state index contributed by atoms with van der Waals surface area (Å²) in [6.07, 6.45) is -0.253. The van der Waals surface area contributed by atoms with Gasteiger partial charge >= 0.3 is 0 Å². The highest BCUT2D eigenvalue weighted by molar-refractivity contribution is 7.27. The number of hydrogen-bond donors (Lipinski definition) is 1.